The fourth-order valence-electron chi connectivity index (χ4n) is 2.69. The van der Waals surface area contributed by atoms with Crippen molar-refractivity contribution >= 4 is 15.9 Å². The van der Waals surface area contributed by atoms with Crippen LogP contribution in [0.4, 0.5) is 4.39 Å². The van der Waals surface area contributed by atoms with E-state index in [-0.39, 0.29) is 29.9 Å². The average molecular weight is 358 g/mol. The van der Waals surface area contributed by atoms with Crippen LogP contribution in [0.15, 0.2) is 18.2 Å². The standard InChI is InChI=1S/C16H23FN2O4S/c1-3-24(21,22)18-13-6-8-19(9-7-13)16(20)11-12-4-5-15(23-2)14(17)10-12/h4-5,10,13,18H,3,6-9,11H2,1-2H3. The lowest BCUT2D eigenvalue weighted by atomic mass is 10.0. The minimum atomic E-state index is -3.22. The number of piperidine rings is 1. The summed E-state index contributed by atoms with van der Waals surface area (Å²) < 4.78 is 44.3. The SMILES string of the molecule is CCS(=O)(=O)NC1CCN(C(=O)Cc2ccc(OC)c(F)c2)CC1. The van der Waals surface area contributed by atoms with Crippen LogP contribution >= 0.6 is 0 Å². The molecule has 0 unspecified atom stereocenters. The van der Waals surface area contributed by atoms with Gasteiger partial charge in [0.25, 0.3) is 0 Å². The van der Waals surface area contributed by atoms with E-state index >= 15 is 0 Å². The summed E-state index contributed by atoms with van der Waals surface area (Å²) in [6.45, 7) is 2.58. The number of hydrogen-bond donors (Lipinski definition) is 1. The highest BCUT2D eigenvalue weighted by Crippen LogP contribution is 2.19. The van der Waals surface area contributed by atoms with Gasteiger partial charge in [-0.15, -0.1) is 0 Å². The van der Waals surface area contributed by atoms with Crippen LogP contribution in [-0.2, 0) is 21.2 Å². The predicted molar refractivity (Wildman–Crippen MR) is 88.9 cm³/mol. The highest BCUT2D eigenvalue weighted by Gasteiger charge is 2.25. The maximum absolute atomic E-state index is 13.7. The Bertz CT molecular complexity index is 685. The topological polar surface area (TPSA) is 75.7 Å². The third-order valence-corrected chi connectivity index (χ3v) is 5.60. The van der Waals surface area contributed by atoms with Gasteiger partial charge in [0.05, 0.1) is 19.3 Å². The van der Waals surface area contributed by atoms with Crippen molar-refractivity contribution in [1.29, 1.82) is 0 Å². The van der Waals surface area contributed by atoms with Crippen LogP contribution in [-0.4, -0.2) is 51.2 Å². The zero-order chi connectivity index (χ0) is 17.7. The number of sulfonamides is 1. The lowest BCUT2D eigenvalue weighted by molar-refractivity contribution is -0.131. The second-order valence-corrected chi connectivity index (χ2v) is 7.86. The molecule has 134 valence electrons. The summed E-state index contributed by atoms with van der Waals surface area (Å²) in [7, 11) is -1.83. The van der Waals surface area contributed by atoms with Gasteiger partial charge in [0.2, 0.25) is 15.9 Å². The second kappa shape index (κ2) is 7.94. The summed E-state index contributed by atoms with van der Waals surface area (Å²) in [5, 5.41) is 0. The molecule has 0 bridgehead atoms. The number of rotatable bonds is 6. The van der Waals surface area contributed by atoms with Gasteiger partial charge >= 0.3 is 0 Å². The Morgan fingerprint density at radius 1 is 1.38 bits per heavy atom. The quantitative estimate of drug-likeness (QED) is 0.832. The molecule has 1 aromatic rings. The summed E-state index contributed by atoms with van der Waals surface area (Å²) in [6, 6.07) is 4.35. The number of carbonyl (C=O) groups excluding carboxylic acids is 1. The Labute approximate surface area is 142 Å². The van der Waals surface area contributed by atoms with Crippen LogP contribution in [0.2, 0.25) is 0 Å². The summed E-state index contributed by atoms with van der Waals surface area (Å²) in [5.74, 6) is -0.378. The molecule has 0 radical (unpaired) electrons. The molecule has 1 aromatic carbocycles. The van der Waals surface area contributed by atoms with Gasteiger partial charge < -0.3 is 9.64 Å². The van der Waals surface area contributed by atoms with Crippen molar-refractivity contribution in [3.8, 4) is 5.75 Å². The normalized spacial score (nSPS) is 16.2. The lowest BCUT2D eigenvalue weighted by Crippen LogP contribution is -2.47. The molecule has 1 saturated heterocycles. The molecule has 2 rings (SSSR count). The van der Waals surface area contributed by atoms with Crippen LogP contribution in [0.25, 0.3) is 0 Å². The summed E-state index contributed by atoms with van der Waals surface area (Å²) >= 11 is 0. The zero-order valence-electron chi connectivity index (χ0n) is 13.9. The minimum absolute atomic E-state index is 0.0508. The first-order valence-corrected chi connectivity index (χ1v) is 9.60. The molecule has 0 aliphatic carbocycles. The maximum Gasteiger partial charge on any atom is 0.226 e. The number of ether oxygens (including phenoxy) is 1. The molecule has 6 nitrogen and oxygen atoms in total. The van der Waals surface area contributed by atoms with Crippen molar-refractivity contribution in [2.24, 2.45) is 0 Å². The van der Waals surface area contributed by atoms with E-state index in [1.54, 1.807) is 17.9 Å². The third kappa shape index (κ3) is 4.91. The van der Waals surface area contributed by atoms with Crippen molar-refractivity contribution < 1.29 is 22.3 Å². The zero-order valence-corrected chi connectivity index (χ0v) is 14.7. The van der Waals surface area contributed by atoms with E-state index in [2.05, 4.69) is 4.72 Å². The monoisotopic (exact) mass is 358 g/mol. The molecule has 0 spiro atoms. The molecule has 1 heterocycles. The Morgan fingerprint density at radius 2 is 2.04 bits per heavy atom. The van der Waals surface area contributed by atoms with Crippen LogP contribution in [0.3, 0.4) is 0 Å². The molecule has 1 aliphatic rings. The smallest absolute Gasteiger partial charge is 0.226 e. The minimum Gasteiger partial charge on any atom is -0.494 e. The van der Waals surface area contributed by atoms with Gasteiger partial charge in [-0.25, -0.2) is 17.5 Å². The summed E-state index contributed by atoms with van der Waals surface area (Å²) in [6.07, 6.45) is 1.29. The van der Waals surface area contributed by atoms with E-state index < -0.39 is 15.8 Å². The van der Waals surface area contributed by atoms with Crippen LogP contribution in [0.1, 0.15) is 25.3 Å². The fraction of sp³-hybridized carbons (Fsp3) is 0.562. The first kappa shape index (κ1) is 18.7. The summed E-state index contributed by atoms with van der Waals surface area (Å²) in [4.78, 5) is 14.0. The Morgan fingerprint density at radius 3 is 2.58 bits per heavy atom. The Hall–Kier alpha value is -1.67. The third-order valence-electron chi connectivity index (χ3n) is 4.15. The van der Waals surface area contributed by atoms with E-state index in [1.165, 1.54) is 19.2 Å². The number of hydrogen-bond acceptors (Lipinski definition) is 4. The molecular formula is C16H23FN2O4S. The highest BCUT2D eigenvalue weighted by atomic mass is 32.2. The number of carbonyl (C=O) groups is 1. The number of amides is 1. The van der Waals surface area contributed by atoms with Gasteiger partial charge in [-0.05, 0) is 37.5 Å². The van der Waals surface area contributed by atoms with E-state index in [0.29, 0.717) is 31.5 Å². The van der Waals surface area contributed by atoms with Gasteiger partial charge in [-0.2, -0.15) is 0 Å². The number of halogens is 1. The van der Waals surface area contributed by atoms with Gasteiger partial charge in [-0.1, -0.05) is 6.07 Å². The number of likely N-dealkylation sites (tertiary alicyclic amines) is 1. The van der Waals surface area contributed by atoms with Gasteiger partial charge in [-0.3, -0.25) is 4.79 Å². The first-order valence-electron chi connectivity index (χ1n) is 7.95. The molecule has 24 heavy (non-hydrogen) atoms. The summed E-state index contributed by atoms with van der Waals surface area (Å²) in [5.41, 5.74) is 0.590. The van der Waals surface area contributed by atoms with Crippen molar-refractivity contribution in [1.82, 2.24) is 9.62 Å². The lowest BCUT2D eigenvalue weighted by Gasteiger charge is -2.32. The molecule has 1 fully saturated rings. The maximum atomic E-state index is 13.7. The molecule has 1 aliphatic heterocycles. The van der Waals surface area contributed by atoms with Crippen LogP contribution in [0.5, 0.6) is 5.75 Å². The molecule has 0 saturated carbocycles. The van der Waals surface area contributed by atoms with E-state index in [9.17, 15) is 17.6 Å². The average Bonchev–Trinajstić information content (AvgIpc) is 2.55. The van der Waals surface area contributed by atoms with E-state index in [0.717, 1.165) is 0 Å². The van der Waals surface area contributed by atoms with Crippen molar-refractivity contribution in [3.63, 3.8) is 0 Å². The van der Waals surface area contributed by atoms with Crippen molar-refractivity contribution in [2.75, 3.05) is 26.0 Å². The Kier molecular flexibility index (Phi) is 6.17. The molecule has 0 aromatic heterocycles. The molecule has 1 N–H and O–H groups in total. The predicted octanol–water partition coefficient (Wildman–Crippen LogP) is 1.31. The fourth-order valence-corrected chi connectivity index (χ4v) is 3.60. The highest BCUT2D eigenvalue weighted by molar-refractivity contribution is 7.89. The molecule has 8 heteroatoms. The number of benzene rings is 1. The van der Waals surface area contributed by atoms with Crippen LogP contribution < -0.4 is 9.46 Å². The van der Waals surface area contributed by atoms with Crippen molar-refractivity contribution in [3.05, 3.63) is 29.6 Å². The van der Waals surface area contributed by atoms with Crippen LogP contribution in [0, 0.1) is 5.82 Å². The second-order valence-electron chi connectivity index (χ2n) is 5.82. The molecular weight excluding hydrogens is 335 g/mol. The number of nitrogens with one attached hydrogen (secondary N) is 1. The van der Waals surface area contributed by atoms with Gasteiger partial charge in [0.1, 0.15) is 0 Å². The van der Waals surface area contributed by atoms with E-state index in [1.807, 2.05) is 0 Å². The molecule has 1 amide bonds. The Balaban J connectivity index is 1.88. The number of nitrogens with zero attached hydrogens (tertiary/aromatic N) is 1. The largest absolute Gasteiger partial charge is 0.494 e. The first-order chi connectivity index (χ1) is 11.3. The van der Waals surface area contributed by atoms with E-state index in [4.69, 9.17) is 4.74 Å². The number of methoxy groups -OCH3 is 1. The van der Waals surface area contributed by atoms with Crippen molar-refractivity contribution in [2.45, 2.75) is 32.2 Å². The van der Waals surface area contributed by atoms with Gasteiger partial charge in [0, 0.05) is 19.1 Å². The van der Waals surface area contributed by atoms with Gasteiger partial charge in [0.15, 0.2) is 11.6 Å². The molecule has 0 atom stereocenters.